The summed E-state index contributed by atoms with van der Waals surface area (Å²) in [7, 11) is 1.63. The van der Waals surface area contributed by atoms with Crippen LogP contribution in [0.3, 0.4) is 0 Å². The topological polar surface area (TPSA) is 92.1 Å². The number of anilines is 2. The molecule has 0 atom stereocenters. The first kappa shape index (κ1) is 13.2. The molecule has 6 nitrogen and oxygen atoms in total. The smallest absolute Gasteiger partial charge is 0.227 e. The van der Waals surface area contributed by atoms with Crippen molar-refractivity contribution in [2.24, 2.45) is 11.3 Å². The molecule has 0 unspecified atom stereocenters. The van der Waals surface area contributed by atoms with Gasteiger partial charge in [-0.1, -0.05) is 0 Å². The fourth-order valence-corrected chi connectivity index (χ4v) is 1.36. The van der Waals surface area contributed by atoms with E-state index in [4.69, 9.17) is 5.84 Å². The van der Waals surface area contributed by atoms with Gasteiger partial charge < -0.3 is 16.1 Å². The molecule has 1 amide bonds. The van der Waals surface area contributed by atoms with Crippen LogP contribution in [0, 0.1) is 5.41 Å². The third kappa shape index (κ3) is 3.60. The summed E-state index contributed by atoms with van der Waals surface area (Å²) < 4.78 is 0. The zero-order valence-corrected chi connectivity index (χ0v) is 10.4. The van der Waals surface area contributed by atoms with Crippen LogP contribution in [0.5, 0.6) is 0 Å². The summed E-state index contributed by atoms with van der Waals surface area (Å²) in [6.45, 7) is 4.28. The van der Waals surface area contributed by atoms with E-state index in [1.807, 2.05) is 19.9 Å². The Morgan fingerprint density at radius 1 is 1.53 bits per heavy atom. The van der Waals surface area contributed by atoms with Crippen LogP contribution in [-0.2, 0) is 4.79 Å². The highest BCUT2D eigenvalue weighted by Crippen LogP contribution is 2.18. The minimum Gasteiger partial charge on any atom is -0.384 e. The van der Waals surface area contributed by atoms with E-state index < -0.39 is 5.41 Å². The number of hydrogen-bond donors (Lipinski definition) is 4. The third-order valence-electron chi connectivity index (χ3n) is 2.48. The van der Waals surface area contributed by atoms with Gasteiger partial charge >= 0.3 is 0 Å². The van der Waals surface area contributed by atoms with Crippen molar-refractivity contribution in [2.75, 3.05) is 24.3 Å². The van der Waals surface area contributed by atoms with Crippen molar-refractivity contribution in [1.82, 2.24) is 10.3 Å². The number of carbonyl (C=O) groups excluding carboxylic acids is 1. The molecule has 1 heterocycles. The molecule has 0 aliphatic carbocycles. The largest absolute Gasteiger partial charge is 0.384 e. The summed E-state index contributed by atoms with van der Waals surface area (Å²) in [6.07, 6.45) is 1.64. The normalized spacial score (nSPS) is 10.8. The number of hydrazine groups is 1. The van der Waals surface area contributed by atoms with E-state index in [1.54, 1.807) is 19.3 Å². The molecule has 0 saturated heterocycles. The summed E-state index contributed by atoms with van der Waals surface area (Å²) in [4.78, 5) is 15.6. The van der Waals surface area contributed by atoms with Crippen LogP contribution in [0.25, 0.3) is 0 Å². The van der Waals surface area contributed by atoms with Gasteiger partial charge in [-0.15, -0.1) is 0 Å². The third-order valence-corrected chi connectivity index (χ3v) is 2.48. The number of nitrogens with two attached hydrogens (primary N) is 1. The number of pyridine rings is 1. The fraction of sp³-hybridized carbons (Fsp3) is 0.455. The number of hydrogen-bond acceptors (Lipinski definition) is 5. The van der Waals surface area contributed by atoms with E-state index in [2.05, 4.69) is 21.0 Å². The lowest BCUT2D eigenvalue weighted by molar-refractivity contribution is -0.128. The number of aromatic nitrogens is 1. The highest BCUT2D eigenvalue weighted by molar-refractivity contribution is 5.82. The standard InChI is InChI=1S/C11H19N5O/c1-11(2,10(17)13-3)7-15-8-4-5-14-9(6-8)16-12/h4-6H,7,12H2,1-3H3,(H,13,17)(H2,14,15,16). The summed E-state index contributed by atoms with van der Waals surface area (Å²) >= 11 is 0. The first-order valence-corrected chi connectivity index (χ1v) is 5.38. The average Bonchev–Trinajstić information content (AvgIpc) is 2.35. The van der Waals surface area contributed by atoms with Crippen LogP contribution in [0.15, 0.2) is 18.3 Å². The minimum atomic E-state index is -0.478. The Morgan fingerprint density at radius 3 is 2.82 bits per heavy atom. The van der Waals surface area contributed by atoms with E-state index in [0.29, 0.717) is 12.4 Å². The Morgan fingerprint density at radius 2 is 2.24 bits per heavy atom. The zero-order valence-electron chi connectivity index (χ0n) is 10.4. The maximum Gasteiger partial charge on any atom is 0.227 e. The van der Waals surface area contributed by atoms with Crippen molar-refractivity contribution in [3.8, 4) is 0 Å². The molecule has 1 rings (SSSR count). The molecule has 0 bridgehead atoms. The average molecular weight is 237 g/mol. The molecule has 0 aliphatic heterocycles. The number of carbonyl (C=O) groups is 1. The lowest BCUT2D eigenvalue weighted by Crippen LogP contribution is -2.39. The first-order valence-electron chi connectivity index (χ1n) is 5.38. The number of nitrogens with zero attached hydrogens (tertiary/aromatic N) is 1. The Labute approximate surface area is 101 Å². The molecule has 0 saturated carbocycles. The van der Waals surface area contributed by atoms with Crippen molar-refractivity contribution in [2.45, 2.75) is 13.8 Å². The van der Waals surface area contributed by atoms with Crippen molar-refractivity contribution in [3.05, 3.63) is 18.3 Å². The molecule has 17 heavy (non-hydrogen) atoms. The van der Waals surface area contributed by atoms with Gasteiger partial charge in [0.1, 0.15) is 5.82 Å². The monoisotopic (exact) mass is 237 g/mol. The Hall–Kier alpha value is -1.82. The van der Waals surface area contributed by atoms with Crippen LogP contribution in [0.2, 0.25) is 0 Å². The summed E-state index contributed by atoms with van der Waals surface area (Å²) in [6, 6.07) is 3.60. The molecule has 5 N–H and O–H groups in total. The van der Waals surface area contributed by atoms with Gasteiger partial charge in [0.15, 0.2) is 0 Å². The fourth-order valence-electron chi connectivity index (χ4n) is 1.36. The number of amides is 1. The molecule has 6 heteroatoms. The molecular formula is C11H19N5O. The molecule has 1 aromatic rings. The second-order valence-electron chi connectivity index (χ2n) is 4.39. The van der Waals surface area contributed by atoms with E-state index >= 15 is 0 Å². The second-order valence-corrected chi connectivity index (χ2v) is 4.39. The van der Waals surface area contributed by atoms with Crippen molar-refractivity contribution < 1.29 is 4.79 Å². The quantitative estimate of drug-likeness (QED) is 0.443. The summed E-state index contributed by atoms with van der Waals surface area (Å²) in [5.74, 6) is 5.84. The van der Waals surface area contributed by atoms with Crippen molar-refractivity contribution in [1.29, 1.82) is 0 Å². The maximum atomic E-state index is 11.6. The van der Waals surface area contributed by atoms with Crippen molar-refractivity contribution >= 4 is 17.4 Å². The minimum absolute atomic E-state index is 0.00349. The van der Waals surface area contributed by atoms with Gasteiger partial charge in [-0.25, -0.2) is 10.8 Å². The molecule has 0 fully saturated rings. The summed E-state index contributed by atoms with van der Waals surface area (Å²) in [5.41, 5.74) is 2.86. The lowest BCUT2D eigenvalue weighted by Gasteiger charge is -2.23. The lowest BCUT2D eigenvalue weighted by atomic mass is 9.92. The van der Waals surface area contributed by atoms with E-state index in [-0.39, 0.29) is 5.91 Å². The molecule has 94 valence electrons. The zero-order chi connectivity index (χ0) is 12.9. The molecule has 1 aromatic heterocycles. The maximum absolute atomic E-state index is 11.6. The molecule has 0 aromatic carbocycles. The van der Waals surface area contributed by atoms with Gasteiger partial charge in [0, 0.05) is 31.5 Å². The summed E-state index contributed by atoms with van der Waals surface area (Å²) in [5, 5.41) is 5.82. The predicted molar refractivity (Wildman–Crippen MR) is 68.4 cm³/mol. The van der Waals surface area contributed by atoms with E-state index in [1.165, 1.54) is 0 Å². The molecule has 0 aliphatic rings. The number of nitrogen functional groups attached to an aromatic ring is 1. The van der Waals surface area contributed by atoms with Gasteiger partial charge in [-0.3, -0.25) is 4.79 Å². The van der Waals surface area contributed by atoms with Gasteiger partial charge in [-0.05, 0) is 19.9 Å². The van der Waals surface area contributed by atoms with Crippen LogP contribution in [0.1, 0.15) is 13.8 Å². The highest BCUT2D eigenvalue weighted by Gasteiger charge is 2.26. The SMILES string of the molecule is CNC(=O)C(C)(C)CNc1ccnc(NN)c1. The second kappa shape index (κ2) is 5.49. The Kier molecular flexibility index (Phi) is 4.28. The van der Waals surface area contributed by atoms with Crippen LogP contribution in [-0.4, -0.2) is 24.5 Å². The van der Waals surface area contributed by atoms with Gasteiger partial charge in [-0.2, -0.15) is 0 Å². The van der Waals surface area contributed by atoms with Gasteiger partial charge in [0.2, 0.25) is 5.91 Å². The van der Waals surface area contributed by atoms with Crippen LogP contribution < -0.4 is 21.9 Å². The molecular weight excluding hydrogens is 218 g/mol. The predicted octanol–water partition coefficient (Wildman–Crippen LogP) is 0.551. The van der Waals surface area contributed by atoms with Crippen LogP contribution >= 0.6 is 0 Å². The first-order chi connectivity index (χ1) is 7.99. The van der Waals surface area contributed by atoms with Crippen molar-refractivity contribution in [3.63, 3.8) is 0 Å². The molecule has 0 spiro atoms. The Balaban J connectivity index is 2.63. The van der Waals surface area contributed by atoms with E-state index in [0.717, 1.165) is 5.69 Å². The number of nitrogens with one attached hydrogen (secondary N) is 3. The van der Waals surface area contributed by atoms with E-state index in [9.17, 15) is 4.79 Å². The van der Waals surface area contributed by atoms with Gasteiger partial charge in [0.25, 0.3) is 0 Å². The Bertz CT molecular complexity index is 391. The highest BCUT2D eigenvalue weighted by atomic mass is 16.2. The van der Waals surface area contributed by atoms with Gasteiger partial charge in [0.05, 0.1) is 5.41 Å². The number of rotatable bonds is 5. The van der Waals surface area contributed by atoms with Crippen LogP contribution in [0.4, 0.5) is 11.5 Å². The molecule has 0 radical (unpaired) electrons.